The molecule has 1 atom stereocenters. The van der Waals surface area contributed by atoms with Crippen molar-refractivity contribution in [2.75, 3.05) is 18.6 Å². The molecule has 0 fully saturated rings. The number of pyridine rings is 1. The number of hydrogen-bond donors (Lipinski definition) is 1. The molecular formula is C11H18N2O3S. The van der Waals surface area contributed by atoms with Crippen LogP contribution in [0.3, 0.4) is 0 Å². The molecular weight excluding hydrogens is 240 g/mol. The molecule has 0 amide bonds. The van der Waals surface area contributed by atoms with Crippen LogP contribution in [0.2, 0.25) is 0 Å². The van der Waals surface area contributed by atoms with Crippen molar-refractivity contribution in [2.24, 2.45) is 5.73 Å². The van der Waals surface area contributed by atoms with Gasteiger partial charge >= 0.3 is 0 Å². The van der Waals surface area contributed by atoms with E-state index in [1.54, 1.807) is 18.5 Å². The number of aromatic nitrogens is 1. The molecule has 2 N–H and O–H groups in total. The summed E-state index contributed by atoms with van der Waals surface area (Å²) >= 11 is 0. The van der Waals surface area contributed by atoms with Crippen LogP contribution in [0.5, 0.6) is 5.75 Å². The van der Waals surface area contributed by atoms with Gasteiger partial charge in [-0.25, -0.2) is 8.42 Å². The summed E-state index contributed by atoms with van der Waals surface area (Å²) in [5, 5.41) is 0. The third-order valence-electron chi connectivity index (χ3n) is 2.12. The van der Waals surface area contributed by atoms with Gasteiger partial charge in [-0.05, 0) is 18.1 Å². The van der Waals surface area contributed by atoms with Gasteiger partial charge in [0.2, 0.25) is 0 Å². The van der Waals surface area contributed by atoms with Crippen LogP contribution in [0.1, 0.15) is 24.9 Å². The van der Waals surface area contributed by atoms with Gasteiger partial charge in [0.05, 0.1) is 18.6 Å². The average molecular weight is 258 g/mol. The minimum absolute atomic E-state index is 0.0914. The molecule has 0 aliphatic rings. The normalized spacial score (nSPS) is 13.4. The number of sulfone groups is 1. The summed E-state index contributed by atoms with van der Waals surface area (Å²) in [6, 6.07) is 1.17. The van der Waals surface area contributed by atoms with E-state index >= 15 is 0 Å². The molecule has 1 heterocycles. The van der Waals surface area contributed by atoms with Crippen LogP contribution in [-0.4, -0.2) is 32.0 Å². The Kier molecular flexibility index (Phi) is 4.89. The third-order valence-corrected chi connectivity index (χ3v) is 3.08. The first kappa shape index (κ1) is 13.9. The zero-order valence-corrected chi connectivity index (χ0v) is 10.9. The second-order valence-corrected chi connectivity index (χ2v) is 6.19. The highest BCUT2D eigenvalue weighted by molar-refractivity contribution is 7.90. The quantitative estimate of drug-likeness (QED) is 0.820. The Hall–Kier alpha value is -1.14. The van der Waals surface area contributed by atoms with Crippen molar-refractivity contribution in [3.05, 3.63) is 24.0 Å². The first-order valence-electron chi connectivity index (χ1n) is 5.43. The van der Waals surface area contributed by atoms with Crippen LogP contribution in [0.4, 0.5) is 0 Å². The van der Waals surface area contributed by atoms with E-state index < -0.39 is 15.9 Å². The lowest BCUT2D eigenvalue weighted by Gasteiger charge is -2.12. The molecule has 5 nitrogen and oxygen atoms in total. The van der Waals surface area contributed by atoms with E-state index in [9.17, 15) is 8.42 Å². The highest BCUT2D eigenvalue weighted by atomic mass is 32.2. The van der Waals surface area contributed by atoms with Crippen LogP contribution in [-0.2, 0) is 9.84 Å². The summed E-state index contributed by atoms with van der Waals surface area (Å²) in [7, 11) is -3.09. The molecule has 0 aromatic carbocycles. The summed E-state index contributed by atoms with van der Waals surface area (Å²) in [6.07, 6.45) is 5.22. The molecule has 0 aliphatic carbocycles. The summed E-state index contributed by atoms with van der Waals surface area (Å²) in [4.78, 5) is 3.99. The zero-order valence-electron chi connectivity index (χ0n) is 10.1. The van der Waals surface area contributed by atoms with Crippen molar-refractivity contribution < 1.29 is 13.2 Å². The second-order valence-electron chi connectivity index (χ2n) is 4.00. The van der Waals surface area contributed by atoms with Gasteiger partial charge in [-0.3, -0.25) is 4.98 Å². The fourth-order valence-corrected chi connectivity index (χ4v) is 2.20. The summed E-state index contributed by atoms with van der Waals surface area (Å²) in [5.41, 5.74) is 6.47. The molecule has 0 spiro atoms. The van der Waals surface area contributed by atoms with Crippen molar-refractivity contribution in [1.29, 1.82) is 0 Å². The standard InChI is InChI=1S/C11H18N2O3S/c1-3-4-16-10-5-9(6-13-7-10)11(12)8-17(2,14)15/h5-7,11H,3-4,8,12H2,1-2H3. The van der Waals surface area contributed by atoms with E-state index in [0.717, 1.165) is 12.7 Å². The van der Waals surface area contributed by atoms with Gasteiger partial charge in [-0.15, -0.1) is 0 Å². The van der Waals surface area contributed by atoms with Crippen LogP contribution in [0.15, 0.2) is 18.5 Å². The molecule has 6 heteroatoms. The fourth-order valence-electron chi connectivity index (χ4n) is 1.36. The number of hydrogen-bond acceptors (Lipinski definition) is 5. The number of rotatable bonds is 6. The van der Waals surface area contributed by atoms with E-state index in [0.29, 0.717) is 17.9 Å². The first-order valence-corrected chi connectivity index (χ1v) is 7.49. The maximum Gasteiger partial charge on any atom is 0.149 e. The van der Waals surface area contributed by atoms with Gasteiger partial charge in [-0.2, -0.15) is 0 Å². The summed E-state index contributed by atoms with van der Waals surface area (Å²) in [5.74, 6) is 0.527. The SMILES string of the molecule is CCCOc1cncc(C(N)CS(C)(=O)=O)c1. The Labute approximate surface area is 102 Å². The predicted molar refractivity (Wildman–Crippen MR) is 66.7 cm³/mol. The lowest BCUT2D eigenvalue weighted by atomic mass is 10.1. The second kappa shape index (κ2) is 5.97. The van der Waals surface area contributed by atoms with Gasteiger partial charge in [0, 0.05) is 18.5 Å². The minimum Gasteiger partial charge on any atom is -0.492 e. The van der Waals surface area contributed by atoms with Crippen LogP contribution in [0, 0.1) is 0 Å². The molecule has 17 heavy (non-hydrogen) atoms. The summed E-state index contributed by atoms with van der Waals surface area (Å²) in [6.45, 7) is 2.61. The lowest BCUT2D eigenvalue weighted by molar-refractivity contribution is 0.315. The molecule has 0 radical (unpaired) electrons. The Morgan fingerprint density at radius 3 is 2.76 bits per heavy atom. The van der Waals surface area contributed by atoms with E-state index in [2.05, 4.69) is 4.98 Å². The topological polar surface area (TPSA) is 82.3 Å². The Balaban J connectivity index is 2.76. The minimum atomic E-state index is -3.09. The fraction of sp³-hybridized carbons (Fsp3) is 0.545. The van der Waals surface area contributed by atoms with Crippen LogP contribution in [0.25, 0.3) is 0 Å². The third kappa shape index (κ3) is 5.14. The summed E-state index contributed by atoms with van der Waals surface area (Å²) < 4.78 is 27.7. The molecule has 1 unspecified atom stereocenters. The molecule has 0 aliphatic heterocycles. The van der Waals surface area contributed by atoms with Crippen molar-refractivity contribution >= 4 is 9.84 Å². The van der Waals surface area contributed by atoms with Crippen LogP contribution >= 0.6 is 0 Å². The maximum atomic E-state index is 11.1. The Bertz CT molecular complexity index is 460. The van der Waals surface area contributed by atoms with Gasteiger partial charge in [0.25, 0.3) is 0 Å². The van der Waals surface area contributed by atoms with Gasteiger partial charge in [-0.1, -0.05) is 6.92 Å². The monoisotopic (exact) mass is 258 g/mol. The smallest absolute Gasteiger partial charge is 0.149 e. The first-order chi connectivity index (χ1) is 7.92. The molecule has 1 rings (SSSR count). The average Bonchev–Trinajstić information content (AvgIpc) is 2.24. The van der Waals surface area contributed by atoms with Crippen molar-refractivity contribution in [1.82, 2.24) is 4.98 Å². The van der Waals surface area contributed by atoms with Crippen molar-refractivity contribution in [2.45, 2.75) is 19.4 Å². The molecule has 0 saturated carbocycles. The number of nitrogens with zero attached hydrogens (tertiary/aromatic N) is 1. The largest absolute Gasteiger partial charge is 0.492 e. The van der Waals surface area contributed by atoms with Gasteiger partial charge in [0.1, 0.15) is 15.6 Å². The predicted octanol–water partition coefficient (Wildman–Crippen LogP) is 0.915. The van der Waals surface area contributed by atoms with Crippen molar-refractivity contribution in [3.8, 4) is 5.75 Å². The van der Waals surface area contributed by atoms with E-state index in [-0.39, 0.29) is 5.75 Å². The van der Waals surface area contributed by atoms with E-state index in [1.807, 2.05) is 6.92 Å². The molecule has 0 bridgehead atoms. The number of ether oxygens (including phenoxy) is 1. The number of nitrogens with two attached hydrogens (primary N) is 1. The molecule has 96 valence electrons. The Morgan fingerprint density at radius 1 is 1.47 bits per heavy atom. The molecule has 0 saturated heterocycles. The molecule has 1 aromatic rings. The van der Waals surface area contributed by atoms with Gasteiger partial charge < -0.3 is 10.5 Å². The van der Waals surface area contributed by atoms with Crippen molar-refractivity contribution in [3.63, 3.8) is 0 Å². The Morgan fingerprint density at radius 2 is 2.18 bits per heavy atom. The lowest BCUT2D eigenvalue weighted by Crippen LogP contribution is -2.21. The van der Waals surface area contributed by atoms with Crippen LogP contribution < -0.4 is 10.5 Å². The highest BCUT2D eigenvalue weighted by Crippen LogP contribution is 2.17. The van der Waals surface area contributed by atoms with Gasteiger partial charge in [0.15, 0.2) is 0 Å². The van der Waals surface area contributed by atoms with E-state index in [4.69, 9.17) is 10.5 Å². The maximum absolute atomic E-state index is 11.1. The molecule has 1 aromatic heterocycles. The van der Waals surface area contributed by atoms with E-state index in [1.165, 1.54) is 0 Å². The zero-order chi connectivity index (χ0) is 12.9. The highest BCUT2D eigenvalue weighted by Gasteiger charge is 2.14.